The van der Waals surface area contributed by atoms with Crippen LogP contribution in [0.3, 0.4) is 0 Å². The number of aromatic hydroxyl groups is 1. The van der Waals surface area contributed by atoms with Gasteiger partial charge in [-0.3, -0.25) is 4.79 Å². The molecule has 2 heterocycles. The van der Waals surface area contributed by atoms with Gasteiger partial charge < -0.3 is 14.6 Å². The second-order valence-corrected chi connectivity index (χ2v) is 5.30. The number of pyridine rings is 1. The first-order valence-corrected chi connectivity index (χ1v) is 7.17. The minimum atomic E-state index is -0.718. The number of benzene rings is 2. The molecule has 0 spiro atoms. The van der Waals surface area contributed by atoms with Gasteiger partial charge in [0, 0.05) is 10.9 Å². The quantitative estimate of drug-likeness (QED) is 0.584. The van der Waals surface area contributed by atoms with E-state index in [4.69, 9.17) is 4.52 Å². The number of hydrogen-bond donors (Lipinski definition) is 2. The predicted molar refractivity (Wildman–Crippen MR) is 84.9 cm³/mol. The van der Waals surface area contributed by atoms with Crippen LogP contribution in [0.15, 0.2) is 51.8 Å². The van der Waals surface area contributed by atoms with E-state index in [-0.39, 0.29) is 28.2 Å². The van der Waals surface area contributed by atoms with E-state index in [2.05, 4.69) is 15.1 Å². The lowest BCUT2D eigenvalue weighted by Crippen LogP contribution is -2.09. The minimum Gasteiger partial charge on any atom is -0.506 e. The summed E-state index contributed by atoms with van der Waals surface area (Å²) in [5.74, 6) is -1.61. The fourth-order valence-corrected chi connectivity index (χ4v) is 2.52. The van der Waals surface area contributed by atoms with Crippen molar-refractivity contribution in [3.05, 3.63) is 64.5 Å². The van der Waals surface area contributed by atoms with Crippen molar-refractivity contribution in [2.45, 2.75) is 0 Å². The van der Waals surface area contributed by atoms with Crippen molar-refractivity contribution in [1.82, 2.24) is 15.1 Å². The number of fused-ring (bicyclic) bond motifs is 1. The zero-order chi connectivity index (χ0) is 17.6. The Hall–Kier alpha value is -3.55. The SMILES string of the molecule is O=c1[nH]c2cc(F)ccc2c(O)c1-c1nc(-c2cccc(F)c2)no1. The Morgan fingerprint density at radius 3 is 2.68 bits per heavy atom. The smallest absolute Gasteiger partial charge is 0.267 e. The van der Waals surface area contributed by atoms with Gasteiger partial charge in [-0.25, -0.2) is 8.78 Å². The summed E-state index contributed by atoms with van der Waals surface area (Å²) in [5, 5.41) is 14.3. The van der Waals surface area contributed by atoms with Crippen LogP contribution in [0.4, 0.5) is 8.78 Å². The number of rotatable bonds is 2. The molecule has 2 aromatic heterocycles. The fraction of sp³-hybridized carbons (Fsp3) is 0. The molecule has 4 aromatic rings. The van der Waals surface area contributed by atoms with Crippen LogP contribution in [0.25, 0.3) is 33.7 Å². The molecule has 2 aromatic carbocycles. The highest BCUT2D eigenvalue weighted by molar-refractivity contribution is 5.90. The molecule has 0 aliphatic carbocycles. The molecule has 0 aliphatic rings. The van der Waals surface area contributed by atoms with Crippen LogP contribution in [0.1, 0.15) is 0 Å². The van der Waals surface area contributed by atoms with Gasteiger partial charge in [-0.1, -0.05) is 17.3 Å². The summed E-state index contributed by atoms with van der Waals surface area (Å²) in [6, 6.07) is 9.09. The summed E-state index contributed by atoms with van der Waals surface area (Å²) >= 11 is 0. The second kappa shape index (κ2) is 5.52. The summed E-state index contributed by atoms with van der Waals surface area (Å²) in [4.78, 5) is 18.7. The molecule has 0 atom stereocenters. The Balaban J connectivity index is 1.88. The first-order chi connectivity index (χ1) is 12.0. The molecule has 0 amide bonds. The average Bonchev–Trinajstić information content (AvgIpc) is 3.04. The zero-order valence-electron chi connectivity index (χ0n) is 12.5. The molecule has 8 heteroatoms. The van der Waals surface area contributed by atoms with Crippen LogP contribution in [0, 0.1) is 11.6 Å². The average molecular weight is 341 g/mol. The largest absolute Gasteiger partial charge is 0.506 e. The zero-order valence-corrected chi connectivity index (χ0v) is 12.5. The lowest BCUT2D eigenvalue weighted by molar-refractivity contribution is 0.426. The van der Waals surface area contributed by atoms with E-state index in [1.807, 2.05) is 0 Å². The van der Waals surface area contributed by atoms with Crippen molar-refractivity contribution >= 4 is 10.9 Å². The van der Waals surface area contributed by atoms with E-state index in [9.17, 15) is 18.7 Å². The maximum atomic E-state index is 13.3. The number of nitrogens with zero attached hydrogens (tertiary/aromatic N) is 2. The van der Waals surface area contributed by atoms with Crippen molar-refractivity contribution in [3.63, 3.8) is 0 Å². The molecular weight excluding hydrogens is 332 g/mol. The van der Waals surface area contributed by atoms with Crippen molar-refractivity contribution in [2.24, 2.45) is 0 Å². The third-order valence-corrected chi connectivity index (χ3v) is 3.67. The van der Waals surface area contributed by atoms with E-state index in [0.717, 1.165) is 12.1 Å². The van der Waals surface area contributed by atoms with E-state index >= 15 is 0 Å². The van der Waals surface area contributed by atoms with Crippen LogP contribution in [-0.2, 0) is 0 Å². The lowest BCUT2D eigenvalue weighted by atomic mass is 10.1. The Morgan fingerprint density at radius 1 is 1.08 bits per heavy atom. The maximum Gasteiger partial charge on any atom is 0.267 e. The van der Waals surface area contributed by atoms with Gasteiger partial charge in [-0.05, 0) is 30.3 Å². The minimum absolute atomic E-state index is 0.0625. The number of aromatic nitrogens is 3. The molecule has 25 heavy (non-hydrogen) atoms. The van der Waals surface area contributed by atoms with Crippen LogP contribution < -0.4 is 5.56 Å². The molecule has 0 saturated heterocycles. The van der Waals surface area contributed by atoms with Gasteiger partial charge in [-0.2, -0.15) is 4.98 Å². The third kappa shape index (κ3) is 2.53. The second-order valence-electron chi connectivity index (χ2n) is 5.30. The van der Waals surface area contributed by atoms with E-state index in [1.54, 1.807) is 6.07 Å². The van der Waals surface area contributed by atoms with E-state index < -0.39 is 22.9 Å². The van der Waals surface area contributed by atoms with Crippen LogP contribution >= 0.6 is 0 Å². The van der Waals surface area contributed by atoms with Crippen LogP contribution in [-0.4, -0.2) is 20.2 Å². The van der Waals surface area contributed by atoms with Crippen molar-refractivity contribution < 1.29 is 18.4 Å². The monoisotopic (exact) mass is 341 g/mol. The Morgan fingerprint density at radius 2 is 1.88 bits per heavy atom. The van der Waals surface area contributed by atoms with Crippen LogP contribution in [0.2, 0.25) is 0 Å². The van der Waals surface area contributed by atoms with Crippen LogP contribution in [0.5, 0.6) is 5.75 Å². The molecule has 6 nitrogen and oxygen atoms in total. The van der Waals surface area contributed by atoms with Gasteiger partial charge in [0.15, 0.2) is 0 Å². The molecule has 0 aliphatic heterocycles. The maximum absolute atomic E-state index is 13.3. The summed E-state index contributed by atoms with van der Waals surface area (Å²) in [6.45, 7) is 0. The number of halogens is 2. The third-order valence-electron chi connectivity index (χ3n) is 3.67. The molecule has 0 fully saturated rings. The first kappa shape index (κ1) is 15.0. The molecule has 4 rings (SSSR count). The number of hydrogen-bond acceptors (Lipinski definition) is 5. The van der Waals surface area contributed by atoms with Crippen molar-refractivity contribution in [3.8, 4) is 28.6 Å². The van der Waals surface area contributed by atoms with Gasteiger partial charge in [0.2, 0.25) is 5.82 Å². The molecule has 124 valence electrons. The Bertz CT molecular complexity index is 1170. The summed E-state index contributed by atoms with van der Waals surface area (Å²) < 4.78 is 31.6. The number of H-pyrrole nitrogens is 1. The fourth-order valence-electron chi connectivity index (χ4n) is 2.52. The predicted octanol–water partition coefficient (Wildman–Crippen LogP) is 3.23. The summed E-state index contributed by atoms with van der Waals surface area (Å²) in [7, 11) is 0. The topological polar surface area (TPSA) is 92.0 Å². The summed E-state index contributed by atoms with van der Waals surface area (Å²) in [6.07, 6.45) is 0. The first-order valence-electron chi connectivity index (χ1n) is 7.17. The highest BCUT2D eigenvalue weighted by Gasteiger charge is 2.20. The van der Waals surface area contributed by atoms with E-state index in [0.29, 0.717) is 5.56 Å². The normalized spacial score (nSPS) is 11.1. The van der Waals surface area contributed by atoms with E-state index in [1.165, 1.54) is 24.3 Å². The molecule has 0 bridgehead atoms. The number of nitrogens with one attached hydrogen (secondary N) is 1. The highest BCUT2D eigenvalue weighted by atomic mass is 19.1. The summed E-state index contributed by atoms with van der Waals surface area (Å²) in [5.41, 5.74) is -0.468. The standard InChI is InChI=1S/C17H9F2N3O3/c18-9-3-1-2-8(6-9)15-21-17(25-22-15)13-14(23)11-5-4-10(19)7-12(11)20-16(13)24/h1-7H,(H2,20,23,24). The van der Waals surface area contributed by atoms with Gasteiger partial charge in [0.1, 0.15) is 22.9 Å². The van der Waals surface area contributed by atoms with Gasteiger partial charge in [0.05, 0.1) is 5.52 Å². The lowest BCUT2D eigenvalue weighted by Gasteiger charge is -2.04. The van der Waals surface area contributed by atoms with Gasteiger partial charge >= 0.3 is 0 Å². The van der Waals surface area contributed by atoms with Gasteiger partial charge in [0.25, 0.3) is 11.4 Å². The molecule has 0 unspecified atom stereocenters. The van der Waals surface area contributed by atoms with Crippen molar-refractivity contribution in [2.75, 3.05) is 0 Å². The Kier molecular flexibility index (Phi) is 3.31. The molecule has 2 N–H and O–H groups in total. The highest BCUT2D eigenvalue weighted by Crippen LogP contribution is 2.32. The van der Waals surface area contributed by atoms with Gasteiger partial charge in [-0.15, -0.1) is 0 Å². The van der Waals surface area contributed by atoms with Crippen molar-refractivity contribution in [1.29, 1.82) is 0 Å². The number of aromatic amines is 1. The Labute approximate surface area is 138 Å². The molecular formula is C17H9F2N3O3. The molecule has 0 radical (unpaired) electrons. The molecule has 0 saturated carbocycles.